The number of nitrogens with one attached hydrogen (secondary N) is 2. The molecule has 0 saturated carbocycles. The minimum atomic E-state index is 0.522. The zero-order valence-corrected chi connectivity index (χ0v) is 15.0. The van der Waals surface area contributed by atoms with E-state index in [0.717, 1.165) is 24.7 Å². The average Bonchev–Trinajstić information content (AvgIpc) is 3.29. The molecular weight excluding hydrogens is 318 g/mol. The smallest absolute Gasteiger partial charge is 0.134 e. The third-order valence-corrected chi connectivity index (χ3v) is 6.23. The number of anilines is 2. The highest BCUT2D eigenvalue weighted by Gasteiger charge is 2.28. The second-order valence-corrected chi connectivity index (χ2v) is 7.65. The second kappa shape index (κ2) is 7.07. The molecule has 2 aromatic rings. The molecule has 2 unspecified atom stereocenters. The third kappa shape index (κ3) is 3.13. The maximum atomic E-state index is 4.49. The van der Waals surface area contributed by atoms with Crippen LogP contribution in [0.4, 0.5) is 11.6 Å². The monoisotopic (exact) mass is 343 g/mol. The van der Waals surface area contributed by atoms with Crippen LogP contribution in [-0.2, 0) is 6.42 Å². The van der Waals surface area contributed by atoms with Gasteiger partial charge in [0.05, 0.1) is 0 Å². The first-order chi connectivity index (χ1) is 11.8. The molecule has 0 spiro atoms. The number of fused-ring (bicyclic) bond motifs is 1. The number of rotatable bonds is 5. The molecule has 1 aliphatic carbocycles. The number of nitrogens with zero attached hydrogens (tertiary/aromatic N) is 3. The van der Waals surface area contributed by atoms with E-state index in [9.17, 15) is 0 Å². The van der Waals surface area contributed by atoms with Crippen LogP contribution in [0.25, 0.3) is 0 Å². The molecule has 1 aliphatic heterocycles. The summed E-state index contributed by atoms with van der Waals surface area (Å²) in [5.74, 6) is 1.92. The minimum Gasteiger partial charge on any atom is -0.373 e. The molecule has 0 radical (unpaired) electrons. The predicted octanol–water partition coefficient (Wildman–Crippen LogP) is 3.22. The summed E-state index contributed by atoms with van der Waals surface area (Å²) in [5, 5.41) is 9.19. The van der Waals surface area contributed by atoms with Crippen molar-refractivity contribution in [3.05, 3.63) is 34.3 Å². The van der Waals surface area contributed by atoms with Crippen LogP contribution in [0.3, 0.4) is 0 Å². The molecular formula is C18H25N5S. The topological polar surface area (TPSA) is 53.1 Å². The number of aromatic nitrogens is 2. The summed E-state index contributed by atoms with van der Waals surface area (Å²) in [6.45, 7) is 2.11. The first-order valence-corrected chi connectivity index (χ1v) is 9.79. The van der Waals surface area contributed by atoms with Crippen molar-refractivity contribution in [1.82, 2.24) is 15.3 Å². The van der Waals surface area contributed by atoms with E-state index < -0.39 is 0 Å². The fourth-order valence-electron chi connectivity index (χ4n) is 3.97. The summed E-state index contributed by atoms with van der Waals surface area (Å²) in [4.78, 5) is 12.7. The van der Waals surface area contributed by atoms with Crippen LogP contribution in [0.1, 0.15) is 42.2 Å². The van der Waals surface area contributed by atoms with E-state index in [4.69, 9.17) is 0 Å². The molecule has 2 aliphatic rings. The first kappa shape index (κ1) is 15.8. The van der Waals surface area contributed by atoms with Crippen LogP contribution >= 0.6 is 11.3 Å². The van der Waals surface area contributed by atoms with E-state index in [1.807, 2.05) is 18.4 Å². The van der Waals surface area contributed by atoms with E-state index >= 15 is 0 Å². The normalized spacial score (nSPS) is 23.3. The predicted molar refractivity (Wildman–Crippen MR) is 99.9 cm³/mol. The van der Waals surface area contributed by atoms with Crippen molar-refractivity contribution in [2.45, 2.75) is 44.2 Å². The number of aryl methyl sites for hydroxylation is 1. The quantitative estimate of drug-likeness (QED) is 0.873. The van der Waals surface area contributed by atoms with Gasteiger partial charge in [-0.15, -0.1) is 11.3 Å². The molecule has 5 nitrogen and oxygen atoms in total. The van der Waals surface area contributed by atoms with E-state index in [-0.39, 0.29) is 0 Å². The maximum absolute atomic E-state index is 4.49. The summed E-state index contributed by atoms with van der Waals surface area (Å²) in [5.41, 5.74) is 1.54. The Morgan fingerprint density at radius 1 is 1.29 bits per heavy atom. The van der Waals surface area contributed by atoms with Crippen molar-refractivity contribution >= 4 is 23.0 Å². The maximum Gasteiger partial charge on any atom is 0.134 e. The Balaban J connectivity index is 1.43. The minimum absolute atomic E-state index is 0.522. The zero-order valence-electron chi connectivity index (χ0n) is 14.2. The van der Waals surface area contributed by atoms with Gasteiger partial charge in [-0.05, 0) is 49.1 Å². The van der Waals surface area contributed by atoms with Gasteiger partial charge in [0.2, 0.25) is 0 Å². The van der Waals surface area contributed by atoms with Gasteiger partial charge in [0.15, 0.2) is 0 Å². The van der Waals surface area contributed by atoms with E-state index in [2.05, 4.69) is 43.0 Å². The Bertz CT molecular complexity index is 686. The van der Waals surface area contributed by atoms with Gasteiger partial charge in [0, 0.05) is 43.2 Å². The fourth-order valence-corrected chi connectivity index (χ4v) is 4.95. The largest absolute Gasteiger partial charge is 0.373 e. The van der Waals surface area contributed by atoms with Gasteiger partial charge in [-0.3, -0.25) is 0 Å². The van der Waals surface area contributed by atoms with E-state index in [1.54, 1.807) is 11.2 Å². The lowest BCUT2D eigenvalue weighted by Gasteiger charge is -2.30. The summed E-state index contributed by atoms with van der Waals surface area (Å²) < 4.78 is 0. The van der Waals surface area contributed by atoms with E-state index in [0.29, 0.717) is 12.1 Å². The van der Waals surface area contributed by atoms with Crippen LogP contribution in [0.2, 0.25) is 0 Å². The van der Waals surface area contributed by atoms with Gasteiger partial charge < -0.3 is 15.5 Å². The summed E-state index contributed by atoms with van der Waals surface area (Å²) >= 11 is 1.91. The van der Waals surface area contributed by atoms with E-state index in [1.165, 1.54) is 37.7 Å². The lowest BCUT2D eigenvalue weighted by Crippen LogP contribution is -2.40. The lowest BCUT2D eigenvalue weighted by molar-refractivity contribution is 0.440. The van der Waals surface area contributed by atoms with Crippen molar-refractivity contribution in [3.63, 3.8) is 0 Å². The molecule has 1 fully saturated rings. The fraction of sp³-hybridized carbons (Fsp3) is 0.556. The summed E-state index contributed by atoms with van der Waals surface area (Å²) in [6.07, 6.45) is 7.94. The van der Waals surface area contributed by atoms with Crippen LogP contribution in [0, 0.1) is 0 Å². The molecule has 1 saturated heterocycles. The Morgan fingerprint density at radius 2 is 2.25 bits per heavy atom. The number of hydrogen-bond donors (Lipinski definition) is 2. The molecule has 0 amide bonds. The van der Waals surface area contributed by atoms with Crippen molar-refractivity contribution in [2.24, 2.45) is 0 Å². The van der Waals surface area contributed by atoms with Crippen molar-refractivity contribution in [2.75, 3.05) is 30.4 Å². The Labute approximate surface area is 147 Å². The third-order valence-electron chi connectivity index (χ3n) is 5.23. The SMILES string of the molecule is CNc1cc(N2CCCC2CNC2CCCc3sccc32)ncn1. The molecule has 128 valence electrons. The van der Waals surface area contributed by atoms with Gasteiger partial charge >= 0.3 is 0 Å². The van der Waals surface area contributed by atoms with Crippen LogP contribution in [-0.4, -0.2) is 36.1 Å². The standard InChI is InChI=1S/C18H25N5S/c1-19-17-10-18(22-12-21-17)23-8-3-4-13(23)11-20-15-5-2-6-16-14(15)7-9-24-16/h7,9-10,12-13,15,20H,2-6,8,11H2,1H3,(H,19,21,22). The second-order valence-electron chi connectivity index (χ2n) is 6.65. The van der Waals surface area contributed by atoms with Crippen molar-refractivity contribution < 1.29 is 0 Å². The molecule has 6 heteroatoms. The summed E-state index contributed by atoms with van der Waals surface area (Å²) in [6, 6.07) is 5.41. The molecule has 24 heavy (non-hydrogen) atoms. The molecule has 0 aromatic carbocycles. The highest BCUT2D eigenvalue weighted by molar-refractivity contribution is 7.10. The number of hydrogen-bond acceptors (Lipinski definition) is 6. The van der Waals surface area contributed by atoms with Crippen molar-refractivity contribution in [3.8, 4) is 0 Å². The van der Waals surface area contributed by atoms with Crippen molar-refractivity contribution in [1.29, 1.82) is 0 Å². The van der Waals surface area contributed by atoms with Crippen LogP contribution in [0.5, 0.6) is 0 Å². The van der Waals surface area contributed by atoms with Gasteiger partial charge in [-0.2, -0.15) is 0 Å². The highest BCUT2D eigenvalue weighted by Crippen LogP contribution is 2.33. The first-order valence-electron chi connectivity index (χ1n) is 8.91. The van der Waals surface area contributed by atoms with Crippen LogP contribution < -0.4 is 15.5 Å². The molecule has 4 rings (SSSR count). The lowest BCUT2D eigenvalue weighted by atomic mass is 9.94. The van der Waals surface area contributed by atoms with Gasteiger partial charge in [-0.25, -0.2) is 9.97 Å². The highest BCUT2D eigenvalue weighted by atomic mass is 32.1. The molecule has 2 N–H and O–H groups in total. The van der Waals surface area contributed by atoms with Gasteiger partial charge in [0.25, 0.3) is 0 Å². The zero-order chi connectivity index (χ0) is 16.4. The average molecular weight is 344 g/mol. The molecule has 0 bridgehead atoms. The Hall–Kier alpha value is -1.66. The molecule has 2 atom stereocenters. The Morgan fingerprint density at radius 3 is 3.17 bits per heavy atom. The summed E-state index contributed by atoms with van der Waals surface area (Å²) in [7, 11) is 1.90. The number of thiophene rings is 1. The van der Waals surface area contributed by atoms with Gasteiger partial charge in [0.1, 0.15) is 18.0 Å². The van der Waals surface area contributed by atoms with Gasteiger partial charge in [-0.1, -0.05) is 0 Å². The Kier molecular flexibility index (Phi) is 4.67. The molecule has 2 aromatic heterocycles. The van der Waals surface area contributed by atoms with Crippen LogP contribution in [0.15, 0.2) is 23.8 Å². The molecule has 3 heterocycles.